The molecule has 0 aromatic carbocycles. The molecular formula is C2H10N4O6Pt-4. The van der Waals surface area contributed by atoms with E-state index in [-0.39, 0.29) is 45.7 Å². The summed E-state index contributed by atoms with van der Waals surface area (Å²) in [5, 5.41) is 30.6. The molecule has 0 amide bonds. The van der Waals surface area contributed by atoms with E-state index in [1.165, 1.54) is 0 Å². The normalized spacial score (nSPS) is 3.69. The summed E-state index contributed by atoms with van der Waals surface area (Å²) in [7, 11) is 0. The van der Waals surface area contributed by atoms with E-state index < -0.39 is 12.3 Å². The topological polar surface area (TPSA) is 255 Å². The minimum absolute atomic E-state index is 0. The Balaban J connectivity index is -0.00000000800. The Morgan fingerprint density at radius 1 is 0.769 bits per heavy atom. The van der Waals surface area contributed by atoms with E-state index in [1.54, 1.807) is 0 Å². The first-order valence-electron chi connectivity index (χ1n) is 1.26. The third-order valence-electron chi connectivity index (χ3n) is 0. The van der Waals surface area contributed by atoms with E-state index in [1.807, 2.05) is 0 Å². The van der Waals surface area contributed by atoms with Gasteiger partial charge in [0.15, 0.2) is 0 Å². The summed E-state index contributed by atoms with van der Waals surface area (Å²) in [5.74, 6) is 0. The number of hydrogen-bond acceptors (Lipinski definition) is 4. The van der Waals surface area contributed by atoms with Crippen LogP contribution in [0.2, 0.25) is 0 Å². The standard InChI is InChI=1S/2CH2O3.4H2N.Pt/c2*2-1(3)4;;;;;/h2*(H2,2,3,4);4*1H2;/q;;4*-1;+2/p-2. The quantitative estimate of drug-likeness (QED) is 0.607. The Hall–Kier alpha value is -0.932. The molecule has 0 heterocycles. The summed E-state index contributed by atoms with van der Waals surface area (Å²) in [5.41, 5.74) is 0. The second kappa shape index (κ2) is 43.7. The van der Waals surface area contributed by atoms with Crippen LogP contribution < -0.4 is 10.2 Å². The zero-order chi connectivity index (χ0) is 7.15. The summed E-state index contributed by atoms with van der Waals surface area (Å²) in [6.07, 6.45) is -4.17. The molecule has 0 unspecified atom stereocenters. The fourth-order valence-electron chi connectivity index (χ4n) is 0. The SMILES string of the molecule is O=C([O-])O.O=C([O-])O.[NH2-].[NH2-].[NH2-].[NH2-].[Pt+2]. The van der Waals surface area contributed by atoms with Gasteiger partial charge in [0.1, 0.15) is 0 Å². The molecule has 13 heavy (non-hydrogen) atoms. The Morgan fingerprint density at radius 3 is 0.769 bits per heavy atom. The zero-order valence-electron chi connectivity index (χ0n) is 6.15. The number of rotatable bonds is 0. The molecule has 0 aromatic rings. The molecule has 10 N–H and O–H groups in total. The summed E-state index contributed by atoms with van der Waals surface area (Å²) in [6.45, 7) is 0. The van der Waals surface area contributed by atoms with Crippen LogP contribution in [0.3, 0.4) is 0 Å². The van der Waals surface area contributed by atoms with Crippen molar-refractivity contribution in [3.05, 3.63) is 24.6 Å². The van der Waals surface area contributed by atoms with Crippen LogP contribution in [0, 0.1) is 0 Å². The van der Waals surface area contributed by atoms with Gasteiger partial charge in [-0.3, -0.25) is 0 Å². The molecule has 11 heteroatoms. The third-order valence-corrected chi connectivity index (χ3v) is 0. The van der Waals surface area contributed by atoms with E-state index in [9.17, 15) is 0 Å². The van der Waals surface area contributed by atoms with Crippen molar-refractivity contribution >= 4 is 12.3 Å². The zero-order valence-corrected chi connectivity index (χ0v) is 8.43. The first-order valence-corrected chi connectivity index (χ1v) is 1.26. The van der Waals surface area contributed by atoms with Crippen LogP contribution in [0.4, 0.5) is 9.59 Å². The van der Waals surface area contributed by atoms with Crippen molar-refractivity contribution in [2.45, 2.75) is 0 Å². The fraction of sp³-hybridized carbons (Fsp3) is 0. The van der Waals surface area contributed by atoms with Crippen molar-refractivity contribution in [2.75, 3.05) is 0 Å². The van der Waals surface area contributed by atoms with E-state index in [4.69, 9.17) is 30.0 Å². The Bertz CT molecular complexity index is 80.6. The Kier molecular flexibility index (Phi) is 193. The van der Waals surface area contributed by atoms with Crippen molar-refractivity contribution in [1.82, 2.24) is 0 Å². The first kappa shape index (κ1) is 57.6. The third kappa shape index (κ3) is 1050. The molecular weight excluding hydrogens is 371 g/mol. The molecule has 0 rings (SSSR count). The molecule has 88 valence electrons. The van der Waals surface area contributed by atoms with Crippen molar-refractivity contribution in [2.24, 2.45) is 0 Å². The van der Waals surface area contributed by atoms with Gasteiger partial charge in [0.25, 0.3) is 0 Å². The van der Waals surface area contributed by atoms with Gasteiger partial charge in [0.2, 0.25) is 12.3 Å². The van der Waals surface area contributed by atoms with Crippen molar-refractivity contribution < 1.29 is 51.1 Å². The van der Waals surface area contributed by atoms with Gasteiger partial charge in [-0.25, -0.2) is 0 Å². The minimum Gasteiger partial charge on any atom is -0.693 e. The van der Waals surface area contributed by atoms with Gasteiger partial charge in [-0.15, -0.1) is 0 Å². The summed E-state index contributed by atoms with van der Waals surface area (Å²) in [6, 6.07) is 0. The predicted octanol–water partition coefficient (Wildman–Crippen LogP) is 0.641. The van der Waals surface area contributed by atoms with Crippen molar-refractivity contribution in [3.63, 3.8) is 0 Å². The summed E-state index contributed by atoms with van der Waals surface area (Å²) >= 11 is 0. The monoisotopic (exact) mass is 381 g/mol. The van der Waals surface area contributed by atoms with Gasteiger partial charge in [0, 0.05) is 0 Å². The van der Waals surface area contributed by atoms with Crippen LogP contribution in [-0.2, 0) is 21.1 Å². The fourth-order valence-corrected chi connectivity index (χ4v) is 0. The second-order valence-electron chi connectivity index (χ2n) is 0.532. The molecule has 0 aliphatic heterocycles. The maximum absolute atomic E-state index is 8.44. The second-order valence-corrected chi connectivity index (χ2v) is 0.532. The van der Waals surface area contributed by atoms with Crippen LogP contribution in [-0.4, -0.2) is 22.5 Å². The van der Waals surface area contributed by atoms with Crippen LogP contribution >= 0.6 is 0 Å². The minimum atomic E-state index is -2.08. The maximum atomic E-state index is 8.44. The van der Waals surface area contributed by atoms with Crippen LogP contribution in [0.1, 0.15) is 0 Å². The number of carbonyl (C=O) groups is 2. The smallest absolute Gasteiger partial charge is 0.693 e. The van der Waals surface area contributed by atoms with Gasteiger partial charge >= 0.3 is 21.1 Å². The summed E-state index contributed by atoms with van der Waals surface area (Å²) < 4.78 is 0. The molecule has 10 nitrogen and oxygen atoms in total. The molecule has 0 radical (unpaired) electrons. The van der Waals surface area contributed by atoms with Gasteiger partial charge in [-0.05, 0) is 0 Å². The van der Waals surface area contributed by atoms with Crippen LogP contribution in [0.5, 0.6) is 0 Å². The predicted molar refractivity (Wildman–Crippen MR) is 37.2 cm³/mol. The van der Waals surface area contributed by atoms with E-state index in [2.05, 4.69) is 0 Å². The van der Waals surface area contributed by atoms with Crippen molar-refractivity contribution in [1.29, 1.82) is 0 Å². The van der Waals surface area contributed by atoms with Crippen LogP contribution in [0.15, 0.2) is 0 Å². The number of nitrogens with two attached hydrogens (primary N) is 4. The number of carboxylic acid groups (broad SMARTS) is 4. The maximum Gasteiger partial charge on any atom is 2.00 e. The number of hydrogen-bond donors (Lipinski definition) is 2. The average Bonchev–Trinajstić information content (AvgIpc) is 1.25. The first-order chi connectivity index (χ1) is 3.46. The van der Waals surface area contributed by atoms with Gasteiger partial charge < -0.3 is 54.6 Å². The van der Waals surface area contributed by atoms with Gasteiger partial charge in [-0.1, -0.05) is 0 Å². The molecule has 0 bridgehead atoms. The Labute approximate surface area is 88.5 Å². The molecule has 0 aliphatic rings. The van der Waals surface area contributed by atoms with Crippen molar-refractivity contribution in [3.8, 4) is 0 Å². The molecule has 0 aromatic heterocycles. The Morgan fingerprint density at radius 2 is 0.769 bits per heavy atom. The molecule has 0 atom stereocenters. The molecule has 0 spiro atoms. The molecule has 0 saturated heterocycles. The van der Waals surface area contributed by atoms with Gasteiger partial charge in [-0.2, -0.15) is 0 Å². The average molecular weight is 381 g/mol. The molecule has 0 fully saturated rings. The molecule has 0 aliphatic carbocycles. The van der Waals surface area contributed by atoms with Gasteiger partial charge in [0.05, 0.1) is 0 Å². The largest absolute Gasteiger partial charge is 2.00 e. The van der Waals surface area contributed by atoms with E-state index in [0.717, 1.165) is 0 Å². The van der Waals surface area contributed by atoms with Crippen LogP contribution in [0.25, 0.3) is 24.6 Å². The van der Waals surface area contributed by atoms with E-state index >= 15 is 0 Å². The molecule has 0 saturated carbocycles. The van der Waals surface area contributed by atoms with E-state index in [0.29, 0.717) is 0 Å². The summed E-state index contributed by atoms with van der Waals surface area (Å²) in [4.78, 5) is 16.9.